The second-order valence-corrected chi connectivity index (χ2v) is 6.59. The van der Waals surface area contributed by atoms with Crippen molar-refractivity contribution in [3.8, 4) is 0 Å². The lowest BCUT2D eigenvalue weighted by Gasteiger charge is -2.21. The van der Waals surface area contributed by atoms with E-state index in [0.717, 1.165) is 36.7 Å². The van der Waals surface area contributed by atoms with Crippen molar-refractivity contribution in [2.75, 3.05) is 13.1 Å². The fourth-order valence-corrected chi connectivity index (χ4v) is 4.00. The molecule has 0 spiro atoms. The first kappa shape index (κ1) is 14.9. The summed E-state index contributed by atoms with van der Waals surface area (Å²) in [6.07, 6.45) is 4.32. The van der Waals surface area contributed by atoms with Gasteiger partial charge in [0.1, 0.15) is 5.82 Å². The van der Waals surface area contributed by atoms with Gasteiger partial charge in [0, 0.05) is 23.9 Å². The Morgan fingerprint density at radius 2 is 1.95 bits per heavy atom. The normalized spacial score (nSPS) is 29.0. The molecule has 0 aromatic carbocycles. The topological polar surface area (TPSA) is 47.0 Å². The maximum atomic E-state index is 5.96. The SMILES string of the molecule is CCNCC(C)c1c(C)nc(C2CC3CCC2O3)nc1C. The van der Waals surface area contributed by atoms with Crippen molar-refractivity contribution >= 4 is 0 Å². The second kappa shape index (κ2) is 6.01. The van der Waals surface area contributed by atoms with E-state index in [1.165, 1.54) is 18.4 Å². The van der Waals surface area contributed by atoms with E-state index in [-0.39, 0.29) is 0 Å². The Labute approximate surface area is 127 Å². The van der Waals surface area contributed by atoms with Crippen molar-refractivity contribution in [3.63, 3.8) is 0 Å². The maximum Gasteiger partial charge on any atom is 0.134 e. The molecule has 2 saturated heterocycles. The van der Waals surface area contributed by atoms with Gasteiger partial charge in [0.2, 0.25) is 0 Å². The third-order valence-corrected chi connectivity index (χ3v) is 4.98. The average Bonchev–Trinajstić information content (AvgIpc) is 3.06. The van der Waals surface area contributed by atoms with Crippen molar-refractivity contribution in [1.82, 2.24) is 15.3 Å². The molecule has 0 amide bonds. The number of aromatic nitrogens is 2. The van der Waals surface area contributed by atoms with Gasteiger partial charge in [-0.05, 0) is 51.1 Å². The Kier molecular flexibility index (Phi) is 4.27. The number of ether oxygens (including phenoxy) is 1. The third kappa shape index (κ3) is 2.84. The van der Waals surface area contributed by atoms with Crippen molar-refractivity contribution in [2.45, 2.75) is 71.0 Å². The first-order valence-corrected chi connectivity index (χ1v) is 8.31. The highest BCUT2D eigenvalue weighted by Gasteiger charge is 2.43. The first-order valence-electron chi connectivity index (χ1n) is 8.31. The van der Waals surface area contributed by atoms with E-state index < -0.39 is 0 Å². The van der Waals surface area contributed by atoms with Gasteiger partial charge in [0.25, 0.3) is 0 Å². The van der Waals surface area contributed by atoms with Crippen LogP contribution in [0.15, 0.2) is 0 Å². The van der Waals surface area contributed by atoms with Gasteiger partial charge in [-0.15, -0.1) is 0 Å². The van der Waals surface area contributed by atoms with E-state index in [9.17, 15) is 0 Å². The Morgan fingerprint density at radius 3 is 2.48 bits per heavy atom. The lowest BCUT2D eigenvalue weighted by atomic mass is 9.88. The van der Waals surface area contributed by atoms with Gasteiger partial charge >= 0.3 is 0 Å². The summed E-state index contributed by atoms with van der Waals surface area (Å²) < 4.78 is 5.96. The summed E-state index contributed by atoms with van der Waals surface area (Å²) in [7, 11) is 0. The summed E-state index contributed by atoms with van der Waals surface area (Å²) in [5.74, 6) is 1.88. The fraction of sp³-hybridized carbons (Fsp3) is 0.765. The van der Waals surface area contributed by atoms with Gasteiger partial charge < -0.3 is 10.1 Å². The summed E-state index contributed by atoms with van der Waals surface area (Å²) in [6, 6.07) is 0. The number of hydrogen-bond donors (Lipinski definition) is 1. The molecule has 0 aliphatic carbocycles. The predicted octanol–water partition coefficient (Wildman–Crippen LogP) is 2.84. The zero-order valence-electron chi connectivity index (χ0n) is 13.6. The Balaban J connectivity index is 1.82. The van der Waals surface area contributed by atoms with Crippen LogP contribution in [0.1, 0.15) is 67.7 Å². The highest BCUT2D eigenvalue weighted by Crippen LogP contribution is 2.43. The van der Waals surface area contributed by atoms with E-state index >= 15 is 0 Å². The molecule has 2 aliphatic heterocycles. The number of rotatable bonds is 5. The average molecular weight is 289 g/mol. The van der Waals surface area contributed by atoms with Crippen molar-refractivity contribution in [1.29, 1.82) is 0 Å². The fourth-order valence-electron chi connectivity index (χ4n) is 4.00. The van der Waals surface area contributed by atoms with Crippen molar-refractivity contribution in [2.24, 2.45) is 0 Å². The van der Waals surface area contributed by atoms with Crippen LogP contribution in [0.5, 0.6) is 0 Å². The molecule has 4 atom stereocenters. The largest absolute Gasteiger partial charge is 0.374 e. The number of hydrogen-bond acceptors (Lipinski definition) is 4. The van der Waals surface area contributed by atoms with Crippen LogP contribution in [0.25, 0.3) is 0 Å². The molecule has 3 rings (SSSR count). The van der Waals surface area contributed by atoms with E-state index in [1.54, 1.807) is 0 Å². The first-order chi connectivity index (χ1) is 10.1. The number of fused-ring (bicyclic) bond motifs is 2. The van der Waals surface area contributed by atoms with Crippen LogP contribution < -0.4 is 5.32 Å². The Hall–Kier alpha value is -1.00. The minimum absolute atomic E-state index is 0.360. The molecule has 3 heterocycles. The summed E-state index contributed by atoms with van der Waals surface area (Å²) >= 11 is 0. The van der Waals surface area contributed by atoms with Crippen LogP contribution in [0.4, 0.5) is 0 Å². The summed E-state index contributed by atoms with van der Waals surface area (Å²) in [5.41, 5.74) is 3.60. The summed E-state index contributed by atoms with van der Waals surface area (Å²) in [4.78, 5) is 9.69. The second-order valence-electron chi connectivity index (χ2n) is 6.59. The molecule has 4 nitrogen and oxygen atoms in total. The molecule has 21 heavy (non-hydrogen) atoms. The van der Waals surface area contributed by atoms with Crippen LogP contribution in [0, 0.1) is 13.8 Å². The van der Waals surface area contributed by atoms with Crippen molar-refractivity contribution in [3.05, 3.63) is 22.8 Å². The van der Waals surface area contributed by atoms with Gasteiger partial charge in [0.05, 0.1) is 12.2 Å². The van der Waals surface area contributed by atoms with Gasteiger partial charge in [-0.1, -0.05) is 13.8 Å². The minimum atomic E-state index is 0.360. The molecule has 2 aliphatic rings. The van der Waals surface area contributed by atoms with Gasteiger partial charge in [-0.2, -0.15) is 0 Å². The lowest BCUT2D eigenvalue weighted by molar-refractivity contribution is 0.0998. The third-order valence-electron chi connectivity index (χ3n) is 4.98. The molecule has 1 N–H and O–H groups in total. The standard InChI is InChI=1S/C17H27N3O/c1-5-18-9-10(2)16-11(3)19-17(20-12(16)4)14-8-13-6-7-15(14)21-13/h10,13-15,18H,5-9H2,1-4H3. The van der Waals surface area contributed by atoms with E-state index in [2.05, 4.69) is 33.0 Å². The van der Waals surface area contributed by atoms with Gasteiger partial charge in [-0.3, -0.25) is 0 Å². The number of likely N-dealkylation sites (N-methyl/N-ethyl adjacent to an activating group) is 1. The highest BCUT2D eigenvalue weighted by molar-refractivity contribution is 5.29. The minimum Gasteiger partial charge on any atom is -0.374 e. The quantitative estimate of drug-likeness (QED) is 0.905. The van der Waals surface area contributed by atoms with Crippen LogP contribution in [-0.4, -0.2) is 35.3 Å². The van der Waals surface area contributed by atoms with Crippen molar-refractivity contribution < 1.29 is 4.74 Å². The van der Waals surface area contributed by atoms with Crippen LogP contribution >= 0.6 is 0 Å². The maximum absolute atomic E-state index is 5.96. The van der Waals surface area contributed by atoms with Crippen LogP contribution in [-0.2, 0) is 4.74 Å². The summed E-state index contributed by atoms with van der Waals surface area (Å²) in [6.45, 7) is 10.6. The lowest BCUT2D eigenvalue weighted by Crippen LogP contribution is -2.23. The number of nitrogens with zero attached hydrogens (tertiary/aromatic N) is 2. The molecule has 4 unspecified atom stereocenters. The molecule has 2 bridgehead atoms. The zero-order valence-corrected chi connectivity index (χ0v) is 13.6. The van der Waals surface area contributed by atoms with Gasteiger partial charge in [-0.25, -0.2) is 9.97 Å². The number of nitrogens with one attached hydrogen (secondary N) is 1. The van der Waals surface area contributed by atoms with E-state index in [1.807, 2.05) is 0 Å². The molecular weight excluding hydrogens is 262 g/mol. The monoisotopic (exact) mass is 289 g/mol. The zero-order chi connectivity index (χ0) is 15.0. The summed E-state index contributed by atoms with van der Waals surface area (Å²) in [5, 5.41) is 3.42. The molecule has 2 fully saturated rings. The molecule has 1 aromatic heterocycles. The van der Waals surface area contributed by atoms with E-state index in [0.29, 0.717) is 24.0 Å². The molecule has 4 heteroatoms. The highest BCUT2D eigenvalue weighted by atomic mass is 16.5. The predicted molar refractivity (Wildman–Crippen MR) is 83.7 cm³/mol. The Bertz CT molecular complexity index is 494. The Morgan fingerprint density at radius 1 is 1.24 bits per heavy atom. The van der Waals surface area contributed by atoms with E-state index in [4.69, 9.17) is 14.7 Å². The van der Waals surface area contributed by atoms with Gasteiger partial charge in [0.15, 0.2) is 0 Å². The van der Waals surface area contributed by atoms with Crippen LogP contribution in [0.2, 0.25) is 0 Å². The molecule has 1 aromatic rings. The molecule has 116 valence electrons. The molecular formula is C17H27N3O. The van der Waals surface area contributed by atoms with Crippen LogP contribution in [0.3, 0.4) is 0 Å². The molecule has 0 radical (unpaired) electrons. The molecule has 0 saturated carbocycles. The number of aryl methyl sites for hydroxylation is 2. The smallest absolute Gasteiger partial charge is 0.134 e.